The topological polar surface area (TPSA) is 41.1 Å². The van der Waals surface area contributed by atoms with Crippen LogP contribution in [0.1, 0.15) is 18.5 Å². The van der Waals surface area contributed by atoms with E-state index in [1.807, 2.05) is 24.3 Å². The standard InChI is InChI=1S/C20H18BrF3N4/c1-12-10-17(27-19(25-12)28-8-6-20(23,24)7-9-28)26-18-14-5-3-2-4-13(14)15(21)11-16(18)22/h2-5,10-11H,6-9H2,1H3,(H,25,26,27). The molecule has 1 aliphatic rings. The van der Waals surface area contributed by atoms with E-state index < -0.39 is 11.7 Å². The van der Waals surface area contributed by atoms with Crippen LogP contribution in [0.25, 0.3) is 10.8 Å². The third-order valence-electron chi connectivity index (χ3n) is 4.82. The van der Waals surface area contributed by atoms with Gasteiger partial charge in [0.2, 0.25) is 5.95 Å². The molecule has 8 heteroatoms. The Bertz CT molecular complexity index is 1030. The number of aryl methyl sites for hydroxylation is 1. The molecule has 4 rings (SSSR count). The Balaban J connectivity index is 1.68. The van der Waals surface area contributed by atoms with E-state index in [1.165, 1.54) is 6.07 Å². The van der Waals surface area contributed by atoms with Gasteiger partial charge in [-0.05, 0) is 18.4 Å². The molecule has 4 nitrogen and oxygen atoms in total. The Hall–Kier alpha value is -2.35. The first-order valence-electron chi connectivity index (χ1n) is 8.95. The van der Waals surface area contributed by atoms with Crippen LogP contribution in [0.4, 0.5) is 30.6 Å². The average molecular weight is 451 g/mol. The quantitative estimate of drug-likeness (QED) is 0.545. The lowest BCUT2D eigenvalue weighted by Crippen LogP contribution is -2.40. The smallest absolute Gasteiger partial charge is 0.251 e. The second-order valence-corrected chi connectivity index (χ2v) is 7.78. The molecule has 1 N–H and O–H groups in total. The highest BCUT2D eigenvalue weighted by Gasteiger charge is 2.34. The Labute approximate surface area is 168 Å². The number of fused-ring (bicyclic) bond motifs is 1. The van der Waals surface area contributed by atoms with E-state index >= 15 is 0 Å². The number of benzene rings is 2. The second-order valence-electron chi connectivity index (χ2n) is 6.92. The maximum atomic E-state index is 14.7. The maximum Gasteiger partial charge on any atom is 0.251 e. The van der Waals surface area contributed by atoms with Gasteiger partial charge in [0.1, 0.15) is 11.6 Å². The summed E-state index contributed by atoms with van der Waals surface area (Å²) in [5.41, 5.74) is 0.986. The van der Waals surface area contributed by atoms with Gasteiger partial charge in [0.05, 0.1) is 5.69 Å². The number of hydrogen-bond acceptors (Lipinski definition) is 4. The molecule has 0 bridgehead atoms. The fourth-order valence-corrected chi connectivity index (χ4v) is 3.89. The fourth-order valence-electron chi connectivity index (χ4n) is 3.35. The minimum absolute atomic E-state index is 0.186. The van der Waals surface area contributed by atoms with Crippen LogP contribution < -0.4 is 10.2 Å². The molecule has 1 saturated heterocycles. The van der Waals surface area contributed by atoms with Gasteiger partial charge in [0.15, 0.2) is 0 Å². The van der Waals surface area contributed by atoms with Crippen molar-refractivity contribution in [3.63, 3.8) is 0 Å². The van der Waals surface area contributed by atoms with Crippen LogP contribution in [0.15, 0.2) is 40.9 Å². The molecule has 2 aromatic carbocycles. The van der Waals surface area contributed by atoms with Crippen LogP contribution in [-0.4, -0.2) is 29.0 Å². The number of hydrogen-bond donors (Lipinski definition) is 1. The number of anilines is 3. The zero-order valence-corrected chi connectivity index (χ0v) is 16.7. The number of rotatable bonds is 3. The van der Waals surface area contributed by atoms with Crippen LogP contribution in [0, 0.1) is 12.7 Å². The lowest BCUT2D eigenvalue weighted by Gasteiger charge is -2.32. The summed E-state index contributed by atoms with van der Waals surface area (Å²) in [7, 11) is 0. The van der Waals surface area contributed by atoms with E-state index in [2.05, 4.69) is 31.2 Å². The fraction of sp³-hybridized carbons (Fsp3) is 0.300. The van der Waals surface area contributed by atoms with Crippen molar-refractivity contribution in [1.29, 1.82) is 0 Å². The normalized spacial score (nSPS) is 16.4. The number of nitrogens with one attached hydrogen (secondary N) is 1. The lowest BCUT2D eigenvalue weighted by molar-refractivity contribution is -0.0222. The highest BCUT2D eigenvalue weighted by atomic mass is 79.9. The van der Waals surface area contributed by atoms with E-state index in [0.29, 0.717) is 33.0 Å². The highest BCUT2D eigenvalue weighted by Crippen LogP contribution is 2.35. The van der Waals surface area contributed by atoms with Crippen molar-refractivity contribution >= 4 is 44.2 Å². The molecule has 0 atom stereocenters. The Morgan fingerprint density at radius 1 is 1.07 bits per heavy atom. The second kappa shape index (κ2) is 7.24. The summed E-state index contributed by atoms with van der Waals surface area (Å²) in [4.78, 5) is 10.6. The molecule has 2 heterocycles. The lowest BCUT2D eigenvalue weighted by atomic mass is 10.1. The molecule has 146 valence electrons. The first-order chi connectivity index (χ1) is 13.3. The van der Waals surface area contributed by atoms with Crippen molar-refractivity contribution in [3.05, 3.63) is 52.4 Å². The third kappa shape index (κ3) is 3.78. The van der Waals surface area contributed by atoms with Crippen LogP contribution in [0.2, 0.25) is 0 Å². The van der Waals surface area contributed by atoms with Gasteiger partial charge in [0, 0.05) is 47.6 Å². The minimum Gasteiger partial charge on any atom is -0.340 e. The van der Waals surface area contributed by atoms with Crippen molar-refractivity contribution in [2.24, 2.45) is 0 Å². The first kappa shape index (κ1) is 19.0. The Morgan fingerprint density at radius 3 is 2.46 bits per heavy atom. The predicted octanol–water partition coefficient (Wildman–Crippen LogP) is 5.82. The molecule has 1 aromatic heterocycles. The number of nitrogens with zero attached hydrogens (tertiary/aromatic N) is 3. The van der Waals surface area contributed by atoms with E-state index in [0.717, 1.165) is 5.39 Å². The Kier molecular flexibility index (Phi) is 4.91. The van der Waals surface area contributed by atoms with Crippen LogP contribution >= 0.6 is 15.9 Å². The molecule has 0 unspecified atom stereocenters. The minimum atomic E-state index is -2.64. The molecular weight excluding hydrogens is 433 g/mol. The molecule has 0 aliphatic carbocycles. The summed E-state index contributed by atoms with van der Waals surface area (Å²) in [6.45, 7) is 2.17. The molecule has 0 radical (unpaired) electrons. The number of piperidine rings is 1. The molecule has 3 aromatic rings. The van der Waals surface area contributed by atoms with Gasteiger partial charge in [-0.15, -0.1) is 0 Å². The van der Waals surface area contributed by atoms with Crippen LogP contribution in [-0.2, 0) is 0 Å². The molecule has 28 heavy (non-hydrogen) atoms. The van der Waals surface area contributed by atoms with Gasteiger partial charge in [-0.25, -0.2) is 18.2 Å². The molecular formula is C20H18BrF3N4. The van der Waals surface area contributed by atoms with Crippen molar-refractivity contribution in [1.82, 2.24) is 9.97 Å². The summed E-state index contributed by atoms with van der Waals surface area (Å²) >= 11 is 3.39. The van der Waals surface area contributed by atoms with Crippen molar-refractivity contribution in [3.8, 4) is 0 Å². The maximum absolute atomic E-state index is 14.7. The molecule has 1 aliphatic heterocycles. The van der Waals surface area contributed by atoms with Gasteiger partial charge in [0.25, 0.3) is 5.92 Å². The van der Waals surface area contributed by atoms with Gasteiger partial charge < -0.3 is 10.2 Å². The SMILES string of the molecule is Cc1cc(Nc2c(F)cc(Br)c3ccccc23)nc(N2CCC(F)(F)CC2)n1. The van der Waals surface area contributed by atoms with Gasteiger partial charge >= 0.3 is 0 Å². The summed E-state index contributed by atoms with van der Waals surface area (Å²) in [6.07, 6.45) is -0.446. The van der Waals surface area contributed by atoms with Crippen molar-refractivity contribution in [2.45, 2.75) is 25.7 Å². The summed E-state index contributed by atoms with van der Waals surface area (Å²) in [6, 6.07) is 10.6. The van der Waals surface area contributed by atoms with E-state index in [1.54, 1.807) is 17.9 Å². The summed E-state index contributed by atoms with van der Waals surface area (Å²) in [5, 5.41) is 4.64. The number of alkyl halides is 2. The molecule has 0 spiro atoms. The third-order valence-corrected chi connectivity index (χ3v) is 5.48. The first-order valence-corrected chi connectivity index (χ1v) is 9.74. The summed E-state index contributed by atoms with van der Waals surface area (Å²) in [5.74, 6) is -2.26. The van der Waals surface area contributed by atoms with Crippen molar-refractivity contribution in [2.75, 3.05) is 23.3 Å². The van der Waals surface area contributed by atoms with Gasteiger partial charge in [-0.2, -0.15) is 4.98 Å². The van der Waals surface area contributed by atoms with E-state index in [4.69, 9.17) is 0 Å². The Morgan fingerprint density at radius 2 is 1.75 bits per heavy atom. The van der Waals surface area contributed by atoms with Crippen LogP contribution in [0.3, 0.4) is 0 Å². The van der Waals surface area contributed by atoms with Gasteiger partial charge in [-0.1, -0.05) is 40.2 Å². The predicted molar refractivity (Wildman–Crippen MR) is 108 cm³/mol. The number of halogens is 4. The zero-order chi connectivity index (χ0) is 19.9. The van der Waals surface area contributed by atoms with E-state index in [-0.39, 0.29) is 25.9 Å². The van der Waals surface area contributed by atoms with E-state index in [9.17, 15) is 13.2 Å². The summed E-state index contributed by atoms with van der Waals surface area (Å²) < 4.78 is 42.2. The molecule has 1 fully saturated rings. The average Bonchev–Trinajstić information content (AvgIpc) is 2.64. The monoisotopic (exact) mass is 450 g/mol. The highest BCUT2D eigenvalue weighted by molar-refractivity contribution is 9.10. The largest absolute Gasteiger partial charge is 0.340 e. The zero-order valence-electron chi connectivity index (χ0n) is 15.1. The van der Waals surface area contributed by atoms with Crippen LogP contribution in [0.5, 0.6) is 0 Å². The van der Waals surface area contributed by atoms with Crippen molar-refractivity contribution < 1.29 is 13.2 Å². The number of aromatic nitrogens is 2. The molecule has 0 saturated carbocycles. The van der Waals surface area contributed by atoms with Gasteiger partial charge in [-0.3, -0.25) is 0 Å². The molecule has 0 amide bonds.